The predicted molar refractivity (Wildman–Crippen MR) is 81.4 cm³/mol. The second-order valence-corrected chi connectivity index (χ2v) is 5.06. The number of anilines is 2. The zero-order valence-electron chi connectivity index (χ0n) is 12.3. The summed E-state index contributed by atoms with van der Waals surface area (Å²) in [6.07, 6.45) is 1.87. The highest BCUT2D eigenvalue weighted by Gasteiger charge is 2.19. The fourth-order valence-electron chi connectivity index (χ4n) is 2.12. The van der Waals surface area contributed by atoms with E-state index in [0.29, 0.717) is 24.5 Å². The van der Waals surface area contributed by atoms with E-state index in [1.165, 1.54) is 6.92 Å². The summed E-state index contributed by atoms with van der Waals surface area (Å²) >= 11 is 0. The van der Waals surface area contributed by atoms with Crippen molar-refractivity contribution in [1.82, 2.24) is 5.32 Å². The maximum atomic E-state index is 11.7. The van der Waals surface area contributed by atoms with E-state index in [2.05, 4.69) is 16.0 Å². The fourth-order valence-corrected chi connectivity index (χ4v) is 2.12. The number of benzene rings is 1. The van der Waals surface area contributed by atoms with Gasteiger partial charge in [-0.1, -0.05) is 0 Å². The van der Waals surface area contributed by atoms with Crippen LogP contribution in [0.25, 0.3) is 0 Å². The Morgan fingerprint density at radius 3 is 2.27 bits per heavy atom. The molecule has 0 spiro atoms. The van der Waals surface area contributed by atoms with Gasteiger partial charge in [-0.3, -0.25) is 14.4 Å². The van der Waals surface area contributed by atoms with Crippen LogP contribution in [0.3, 0.4) is 0 Å². The van der Waals surface area contributed by atoms with Crippen LogP contribution in [-0.4, -0.2) is 37.0 Å². The average Bonchev–Trinajstić information content (AvgIpc) is 2.99. The molecule has 3 amide bonds. The summed E-state index contributed by atoms with van der Waals surface area (Å²) in [7, 11) is 0. The van der Waals surface area contributed by atoms with Gasteiger partial charge in [0.15, 0.2) is 0 Å². The molecule has 1 atom stereocenters. The van der Waals surface area contributed by atoms with Gasteiger partial charge in [-0.15, -0.1) is 0 Å². The Balaban J connectivity index is 1.79. The average molecular weight is 305 g/mol. The van der Waals surface area contributed by atoms with Crippen molar-refractivity contribution in [1.29, 1.82) is 0 Å². The molecule has 0 bridgehead atoms. The molecule has 1 heterocycles. The summed E-state index contributed by atoms with van der Waals surface area (Å²) in [5.41, 5.74) is 1.10. The van der Waals surface area contributed by atoms with E-state index in [9.17, 15) is 14.4 Å². The minimum Gasteiger partial charge on any atom is -0.376 e. The van der Waals surface area contributed by atoms with Crippen molar-refractivity contribution >= 4 is 29.1 Å². The Kier molecular flexibility index (Phi) is 5.48. The monoisotopic (exact) mass is 305 g/mol. The maximum Gasteiger partial charge on any atom is 0.313 e. The summed E-state index contributed by atoms with van der Waals surface area (Å²) in [5, 5.41) is 7.66. The molecule has 0 unspecified atom stereocenters. The molecule has 1 saturated heterocycles. The molecule has 22 heavy (non-hydrogen) atoms. The van der Waals surface area contributed by atoms with E-state index in [-0.39, 0.29) is 12.0 Å². The lowest BCUT2D eigenvalue weighted by atomic mass is 10.2. The number of carbonyl (C=O) groups is 3. The Morgan fingerprint density at radius 2 is 1.73 bits per heavy atom. The van der Waals surface area contributed by atoms with Crippen LogP contribution in [0.5, 0.6) is 0 Å². The van der Waals surface area contributed by atoms with Gasteiger partial charge in [-0.2, -0.15) is 0 Å². The molecule has 3 N–H and O–H groups in total. The first-order valence-electron chi connectivity index (χ1n) is 7.13. The van der Waals surface area contributed by atoms with Gasteiger partial charge in [0.05, 0.1) is 6.10 Å². The summed E-state index contributed by atoms with van der Waals surface area (Å²) in [6.45, 7) is 2.45. The van der Waals surface area contributed by atoms with Crippen molar-refractivity contribution in [3.63, 3.8) is 0 Å². The number of hydrogen-bond acceptors (Lipinski definition) is 4. The van der Waals surface area contributed by atoms with Gasteiger partial charge in [0.25, 0.3) is 0 Å². The highest BCUT2D eigenvalue weighted by atomic mass is 16.5. The first-order chi connectivity index (χ1) is 10.5. The Labute approximate surface area is 128 Å². The fraction of sp³-hybridized carbons (Fsp3) is 0.400. The van der Waals surface area contributed by atoms with Crippen LogP contribution in [-0.2, 0) is 19.1 Å². The van der Waals surface area contributed by atoms with Crippen molar-refractivity contribution in [2.45, 2.75) is 25.9 Å². The molecule has 7 heteroatoms. The van der Waals surface area contributed by atoms with E-state index in [1.807, 2.05) is 0 Å². The van der Waals surface area contributed by atoms with Gasteiger partial charge in [0.1, 0.15) is 0 Å². The molecular formula is C15H19N3O4. The second kappa shape index (κ2) is 7.56. The number of hydrogen-bond donors (Lipinski definition) is 3. The second-order valence-electron chi connectivity index (χ2n) is 5.06. The lowest BCUT2D eigenvalue weighted by molar-refractivity contribution is -0.136. The Bertz CT molecular complexity index is 550. The number of ether oxygens (including phenoxy) is 1. The molecular weight excluding hydrogens is 286 g/mol. The van der Waals surface area contributed by atoms with E-state index < -0.39 is 11.8 Å². The third kappa shape index (κ3) is 4.85. The van der Waals surface area contributed by atoms with Crippen molar-refractivity contribution in [2.24, 2.45) is 0 Å². The van der Waals surface area contributed by atoms with Crippen LogP contribution in [0.1, 0.15) is 19.8 Å². The van der Waals surface area contributed by atoms with Gasteiger partial charge in [0.2, 0.25) is 5.91 Å². The Morgan fingerprint density at radius 1 is 1.09 bits per heavy atom. The molecule has 0 aromatic heterocycles. The third-order valence-corrected chi connectivity index (χ3v) is 3.18. The molecule has 2 rings (SSSR count). The lowest BCUT2D eigenvalue weighted by Crippen LogP contribution is -2.39. The van der Waals surface area contributed by atoms with Crippen LogP contribution in [0, 0.1) is 0 Å². The summed E-state index contributed by atoms with van der Waals surface area (Å²) in [4.78, 5) is 34.3. The normalized spacial score (nSPS) is 16.9. The van der Waals surface area contributed by atoms with Crippen LogP contribution < -0.4 is 16.0 Å². The first-order valence-corrected chi connectivity index (χ1v) is 7.13. The van der Waals surface area contributed by atoms with Gasteiger partial charge >= 0.3 is 11.8 Å². The lowest BCUT2D eigenvalue weighted by Gasteiger charge is -2.11. The minimum absolute atomic E-state index is 0.00584. The largest absolute Gasteiger partial charge is 0.376 e. The number of amides is 3. The molecule has 1 aromatic rings. The molecule has 1 aromatic carbocycles. The maximum absolute atomic E-state index is 11.7. The van der Waals surface area contributed by atoms with Gasteiger partial charge in [-0.05, 0) is 37.1 Å². The van der Waals surface area contributed by atoms with Crippen molar-refractivity contribution < 1.29 is 19.1 Å². The predicted octanol–water partition coefficient (Wildman–Crippen LogP) is 0.879. The highest BCUT2D eigenvalue weighted by Crippen LogP contribution is 2.13. The van der Waals surface area contributed by atoms with Crippen LogP contribution in [0.15, 0.2) is 24.3 Å². The molecule has 118 valence electrons. The van der Waals surface area contributed by atoms with Crippen molar-refractivity contribution in [3.05, 3.63) is 24.3 Å². The molecule has 0 aliphatic carbocycles. The molecule has 1 fully saturated rings. The van der Waals surface area contributed by atoms with Crippen LogP contribution in [0.4, 0.5) is 11.4 Å². The molecule has 7 nitrogen and oxygen atoms in total. The molecule has 0 saturated carbocycles. The Hall–Kier alpha value is -2.41. The first kappa shape index (κ1) is 16.0. The summed E-state index contributed by atoms with van der Waals surface area (Å²) in [6, 6.07) is 6.50. The number of carbonyl (C=O) groups excluding carboxylic acids is 3. The summed E-state index contributed by atoms with van der Waals surface area (Å²) in [5.74, 6) is -1.60. The van der Waals surface area contributed by atoms with Crippen molar-refractivity contribution in [2.75, 3.05) is 23.8 Å². The molecule has 1 aliphatic heterocycles. The van der Waals surface area contributed by atoms with E-state index >= 15 is 0 Å². The van der Waals surface area contributed by atoms with E-state index in [0.717, 1.165) is 12.8 Å². The van der Waals surface area contributed by atoms with Gasteiger partial charge in [-0.25, -0.2) is 0 Å². The number of nitrogens with one attached hydrogen (secondary N) is 3. The minimum atomic E-state index is -0.731. The molecule has 1 aliphatic rings. The van der Waals surface area contributed by atoms with Crippen LogP contribution >= 0.6 is 0 Å². The van der Waals surface area contributed by atoms with E-state index in [1.54, 1.807) is 24.3 Å². The van der Waals surface area contributed by atoms with E-state index in [4.69, 9.17) is 4.74 Å². The SMILES string of the molecule is CC(=O)Nc1ccc(NC(=O)C(=O)NC[C@H]2CCCO2)cc1. The molecule has 0 radical (unpaired) electrons. The quantitative estimate of drug-likeness (QED) is 0.719. The van der Waals surface area contributed by atoms with Crippen molar-refractivity contribution in [3.8, 4) is 0 Å². The number of rotatable bonds is 4. The zero-order valence-corrected chi connectivity index (χ0v) is 12.3. The topological polar surface area (TPSA) is 96.5 Å². The van der Waals surface area contributed by atoms with Crippen LogP contribution in [0.2, 0.25) is 0 Å². The standard InChI is InChI=1S/C15H19N3O4/c1-10(19)17-11-4-6-12(7-5-11)18-15(21)14(20)16-9-13-3-2-8-22-13/h4-7,13H,2-3,8-9H2,1H3,(H,16,20)(H,17,19)(H,18,21)/t13-/m1/s1. The smallest absolute Gasteiger partial charge is 0.313 e. The summed E-state index contributed by atoms with van der Waals surface area (Å²) < 4.78 is 5.37. The van der Waals surface area contributed by atoms with Gasteiger partial charge in [0, 0.05) is 31.5 Å². The zero-order chi connectivity index (χ0) is 15.9. The highest BCUT2D eigenvalue weighted by molar-refractivity contribution is 6.39. The third-order valence-electron chi connectivity index (χ3n) is 3.18. The van der Waals surface area contributed by atoms with Gasteiger partial charge < -0.3 is 20.7 Å².